The Morgan fingerprint density at radius 3 is 1.81 bits per heavy atom. The van der Waals surface area contributed by atoms with Gasteiger partial charge in [-0.3, -0.25) is 24.0 Å². The van der Waals surface area contributed by atoms with E-state index in [1.807, 2.05) is 32.9 Å². The lowest BCUT2D eigenvalue weighted by atomic mass is 9.90. The second-order valence-corrected chi connectivity index (χ2v) is 17.5. The summed E-state index contributed by atoms with van der Waals surface area (Å²) >= 11 is 0. The number of unbranched alkanes of at least 4 members (excludes halogenated alkanes) is 2. The molecule has 5 rings (SSSR count). The van der Waals surface area contributed by atoms with Gasteiger partial charge in [-0.15, -0.1) is 0 Å². The van der Waals surface area contributed by atoms with Crippen LogP contribution in [0.15, 0.2) is 126 Å². The summed E-state index contributed by atoms with van der Waals surface area (Å²) in [4.78, 5) is 112. The summed E-state index contributed by atoms with van der Waals surface area (Å²) in [5.41, 5.74) is 2.27. The van der Waals surface area contributed by atoms with Gasteiger partial charge in [-0.05, 0) is 66.6 Å². The first-order valence-corrected chi connectivity index (χ1v) is 25.2. The van der Waals surface area contributed by atoms with Gasteiger partial charge in [-0.2, -0.15) is 5.06 Å². The minimum atomic E-state index is -1.52. The molecule has 4 amide bonds. The smallest absolute Gasteiger partial charge is 0.344 e. The van der Waals surface area contributed by atoms with Crippen LogP contribution >= 0.6 is 0 Å². The third-order valence-corrected chi connectivity index (χ3v) is 12.2. The van der Waals surface area contributed by atoms with Gasteiger partial charge in [0.25, 0.3) is 11.8 Å². The Kier molecular flexibility index (Phi) is 23.6. The molecule has 75 heavy (non-hydrogen) atoms. The Balaban J connectivity index is 1.32. The van der Waals surface area contributed by atoms with Crippen molar-refractivity contribution in [2.75, 3.05) is 13.3 Å². The number of hydrogen-bond acceptors (Lipinski definition) is 14. The highest BCUT2D eigenvalue weighted by Crippen LogP contribution is 2.30. The second kappa shape index (κ2) is 30.7. The summed E-state index contributed by atoms with van der Waals surface area (Å²) in [5, 5.41) is 8.84. The SMILES string of the molecule is CCCCCC(C(=O)NCNC(=O)c1ccc(-c2ccc(C(=O)NC(CC(=O)OCc3ccccc3)C(=O)OCc3ccccc3)c(OCC(=O)OCc3ccccc3)c2)o1)[C@@H](CC)N(C=O)OC(=O)C(CC)CC. The summed E-state index contributed by atoms with van der Waals surface area (Å²) in [6.45, 7) is 6.30. The maximum atomic E-state index is 14.1. The molecule has 0 aliphatic rings. The lowest BCUT2D eigenvalue weighted by Gasteiger charge is -2.32. The molecule has 0 saturated carbocycles. The van der Waals surface area contributed by atoms with Gasteiger partial charge >= 0.3 is 23.9 Å². The predicted molar refractivity (Wildman–Crippen MR) is 274 cm³/mol. The molecule has 1 heterocycles. The molecule has 3 N–H and O–H groups in total. The summed E-state index contributed by atoms with van der Waals surface area (Å²) in [7, 11) is 0. The first-order valence-electron chi connectivity index (χ1n) is 25.2. The molecule has 0 aliphatic heterocycles. The number of hydrogen-bond donors (Lipinski definition) is 3. The summed E-state index contributed by atoms with van der Waals surface area (Å²) in [6.07, 6.45) is 3.99. The van der Waals surface area contributed by atoms with Crippen molar-refractivity contribution in [1.82, 2.24) is 21.0 Å². The summed E-state index contributed by atoms with van der Waals surface area (Å²) in [5.74, 6) is -6.34. The number of esters is 3. The van der Waals surface area contributed by atoms with Crippen LogP contribution in [0.1, 0.15) is 117 Å². The minimum Gasteiger partial charge on any atom is -0.481 e. The van der Waals surface area contributed by atoms with Crippen molar-refractivity contribution < 1.29 is 66.6 Å². The molecule has 0 spiro atoms. The number of nitrogens with one attached hydrogen (secondary N) is 3. The van der Waals surface area contributed by atoms with Crippen LogP contribution in [0.2, 0.25) is 0 Å². The van der Waals surface area contributed by atoms with Gasteiger partial charge in [0.2, 0.25) is 12.3 Å². The van der Waals surface area contributed by atoms with E-state index in [2.05, 4.69) is 16.0 Å². The predicted octanol–water partition coefficient (Wildman–Crippen LogP) is 8.18. The fourth-order valence-corrected chi connectivity index (χ4v) is 7.89. The largest absolute Gasteiger partial charge is 0.481 e. The Bertz CT molecular complexity index is 2640. The van der Waals surface area contributed by atoms with Crippen LogP contribution in [0.5, 0.6) is 5.75 Å². The Labute approximate surface area is 436 Å². The molecule has 2 unspecified atom stereocenters. The first kappa shape index (κ1) is 57.6. The molecule has 0 saturated heterocycles. The number of ether oxygens (including phenoxy) is 4. The van der Waals surface area contributed by atoms with E-state index in [0.29, 0.717) is 55.2 Å². The van der Waals surface area contributed by atoms with Crippen molar-refractivity contribution in [2.45, 2.75) is 111 Å². The molecule has 3 atom stereocenters. The lowest BCUT2D eigenvalue weighted by molar-refractivity contribution is -0.208. The van der Waals surface area contributed by atoms with Crippen molar-refractivity contribution in [2.24, 2.45) is 11.8 Å². The molecule has 0 fully saturated rings. The van der Waals surface area contributed by atoms with Gasteiger partial charge in [-0.25, -0.2) is 14.4 Å². The average molecular weight is 1030 g/mol. The number of nitrogens with zero attached hydrogens (tertiary/aromatic N) is 1. The summed E-state index contributed by atoms with van der Waals surface area (Å²) in [6, 6.07) is 31.6. The van der Waals surface area contributed by atoms with Crippen LogP contribution in [-0.4, -0.2) is 78.4 Å². The number of furan rings is 1. The van der Waals surface area contributed by atoms with Crippen LogP contribution in [0.3, 0.4) is 0 Å². The highest BCUT2D eigenvalue weighted by atomic mass is 16.7. The van der Waals surface area contributed by atoms with Gasteiger partial charge in [-0.1, -0.05) is 144 Å². The zero-order valence-corrected chi connectivity index (χ0v) is 42.8. The van der Waals surface area contributed by atoms with Crippen molar-refractivity contribution >= 4 is 48.0 Å². The van der Waals surface area contributed by atoms with E-state index in [4.69, 9.17) is 28.2 Å². The Morgan fingerprint density at radius 1 is 0.640 bits per heavy atom. The zero-order chi connectivity index (χ0) is 54.0. The normalized spacial score (nSPS) is 12.0. The van der Waals surface area contributed by atoms with Gasteiger partial charge in [0.1, 0.15) is 37.4 Å². The number of rotatable bonds is 31. The molecule has 4 aromatic carbocycles. The molecule has 5 aromatic rings. The van der Waals surface area contributed by atoms with Gasteiger partial charge in [0, 0.05) is 5.56 Å². The van der Waals surface area contributed by atoms with E-state index in [0.717, 1.165) is 23.5 Å². The maximum absolute atomic E-state index is 14.1. The number of carbonyl (C=O) groups excluding carboxylic acids is 8. The van der Waals surface area contributed by atoms with Crippen LogP contribution in [-0.2, 0) is 67.6 Å². The highest BCUT2D eigenvalue weighted by molar-refractivity contribution is 6.00. The van der Waals surface area contributed by atoms with E-state index in [1.54, 1.807) is 85.8 Å². The number of benzene rings is 4. The molecule has 0 bridgehead atoms. The molecule has 18 heteroatoms. The van der Waals surface area contributed by atoms with Crippen molar-refractivity contribution in [3.05, 3.63) is 149 Å². The Morgan fingerprint density at radius 2 is 1.24 bits per heavy atom. The number of hydroxylamine groups is 2. The molecule has 398 valence electrons. The number of carbonyl (C=O) groups is 8. The third-order valence-electron chi connectivity index (χ3n) is 12.2. The minimum absolute atomic E-state index is 0.0439. The van der Waals surface area contributed by atoms with Crippen LogP contribution in [0.4, 0.5) is 0 Å². The molecule has 1 aromatic heterocycles. The number of amides is 4. The molecule has 0 radical (unpaired) electrons. The Hall–Kier alpha value is -8.28. The highest BCUT2D eigenvalue weighted by Gasteiger charge is 2.35. The van der Waals surface area contributed by atoms with E-state index in [1.165, 1.54) is 30.3 Å². The van der Waals surface area contributed by atoms with E-state index in [9.17, 15) is 38.4 Å². The second-order valence-electron chi connectivity index (χ2n) is 17.5. The van der Waals surface area contributed by atoms with E-state index in [-0.39, 0.29) is 49.3 Å². The van der Waals surface area contributed by atoms with Gasteiger partial charge in [0.15, 0.2) is 12.4 Å². The topological polar surface area (TPSA) is 235 Å². The van der Waals surface area contributed by atoms with Crippen LogP contribution in [0, 0.1) is 11.8 Å². The van der Waals surface area contributed by atoms with Crippen molar-refractivity contribution in [1.29, 1.82) is 0 Å². The van der Waals surface area contributed by atoms with Crippen molar-refractivity contribution in [3.8, 4) is 17.1 Å². The first-order chi connectivity index (χ1) is 36.4. The average Bonchev–Trinajstić information content (AvgIpc) is 3.94. The van der Waals surface area contributed by atoms with E-state index >= 15 is 0 Å². The zero-order valence-electron chi connectivity index (χ0n) is 42.8. The monoisotopic (exact) mass is 1030 g/mol. The van der Waals surface area contributed by atoms with Gasteiger partial charge in [0.05, 0.1) is 36.5 Å². The molecule has 18 nitrogen and oxygen atoms in total. The van der Waals surface area contributed by atoms with Gasteiger partial charge < -0.3 is 44.2 Å². The lowest BCUT2D eigenvalue weighted by Crippen LogP contribution is -2.49. The summed E-state index contributed by atoms with van der Waals surface area (Å²) < 4.78 is 28.2. The standard InChI is InChI=1S/C57H66N4O14/c1-5-9-13-26-44(47(8-4)61(38-62)75-56(68)42(6-2)7-3)53(65)58-37-59-55(67)49-30-29-48(74-49)43-27-28-45(50(31-43)70-36-52(64)72-34-40-22-16-11-17-23-40)54(66)60-46(57(69)73-35-41-24-18-12-19-25-41)32-51(63)71-33-39-20-14-10-15-21-39/h10-12,14-25,27-31,38,42,44,46-47H,5-9,13,26,32-37H2,1-4H3,(H,58,65)(H,59,67)(H,60,66)/t44?,46?,47-/m1/s1. The van der Waals surface area contributed by atoms with Crippen LogP contribution in [0.25, 0.3) is 11.3 Å². The maximum Gasteiger partial charge on any atom is 0.344 e. The van der Waals surface area contributed by atoms with Crippen molar-refractivity contribution in [3.63, 3.8) is 0 Å². The molecule has 0 aliphatic carbocycles. The fourth-order valence-electron chi connectivity index (χ4n) is 7.89. The van der Waals surface area contributed by atoms with E-state index < -0.39 is 78.5 Å². The van der Waals surface area contributed by atoms with Crippen LogP contribution < -0.4 is 20.7 Å². The quantitative estimate of drug-likeness (QED) is 0.00949. The third kappa shape index (κ3) is 18.3. The molecular formula is C57H66N4O14. The molecular weight excluding hydrogens is 965 g/mol. The fraction of sp³-hybridized carbons (Fsp3) is 0.368.